The van der Waals surface area contributed by atoms with E-state index in [0.717, 1.165) is 52.8 Å². The molecule has 26 heavy (non-hydrogen) atoms. The number of benzene rings is 1. The predicted octanol–water partition coefficient (Wildman–Crippen LogP) is 3.39. The van der Waals surface area contributed by atoms with Crippen LogP contribution >= 0.6 is 0 Å². The molecule has 1 saturated carbocycles. The SMILES string of the molecule is Cc1cc(-c2[nH]c(N)nc2-c2ccc3c(c2)N(C2CC2)CCO3)ccn1. The van der Waals surface area contributed by atoms with Gasteiger partial charge in [-0.1, -0.05) is 0 Å². The fourth-order valence-electron chi connectivity index (χ4n) is 3.66. The van der Waals surface area contributed by atoms with Gasteiger partial charge in [-0.2, -0.15) is 0 Å². The summed E-state index contributed by atoms with van der Waals surface area (Å²) in [5.74, 6) is 1.37. The molecule has 1 aromatic carbocycles. The number of nitrogens with two attached hydrogens (primary N) is 1. The number of nitrogens with zero attached hydrogens (tertiary/aromatic N) is 3. The van der Waals surface area contributed by atoms with Gasteiger partial charge in [0.2, 0.25) is 0 Å². The van der Waals surface area contributed by atoms with E-state index in [1.54, 1.807) is 6.20 Å². The second kappa shape index (κ2) is 5.76. The van der Waals surface area contributed by atoms with Gasteiger partial charge < -0.3 is 20.4 Å². The molecule has 0 bridgehead atoms. The molecule has 2 aromatic heterocycles. The number of H-pyrrole nitrogens is 1. The van der Waals surface area contributed by atoms with Gasteiger partial charge >= 0.3 is 0 Å². The molecule has 2 aliphatic rings. The molecule has 6 nitrogen and oxygen atoms in total. The van der Waals surface area contributed by atoms with Crippen molar-refractivity contribution in [2.24, 2.45) is 0 Å². The Labute approximate surface area is 152 Å². The maximum Gasteiger partial charge on any atom is 0.198 e. The number of hydrogen-bond acceptors (Lipinski definition) is 5. The standard InChI is InChI=1S/C20H21N5O/c1-12-10-14(6-7-22-12)19-18(23-20(21)24-19)13-2-5-17-16(11-13)25(8-9-26-17)15-3-4-15/h2,5-7,10-11,15H,3-4,8-9H2,1H3,(H3,21,23,24). The van der Waals surface area contributed by atoms with Gasteiger partial charge in [-0.15, -0.1) is 0 Å². The van der Waals surface area contributed by atoms with Crippen molar-refractivity contribution in [3.8, 4) is 28.3 Å². The van der Waals surface area contributed by atoms with E-state index in [9.17, 15) is 0 Å². The van der Waals surface area contributed by atoms with Crippen molar-refractivity contribution in [2.75, 3.05) is 23.8 Å². The Morgan fingerprint density at radius 3 is 2.88 bits per heavy atom. The van der Waals surface area contributed by atoms with Gasteiger partial charge in [-0.25, -0.2) is 4.98 Å². The van der Waals surface area contributed by atoms with Crippen molar-refractivity contribution in [2.45, 2.75) is 25.8 Å². The van der Waals surface area contributed by atoms with Crippen LogP contribution in [0.4, 0.5) is 11.6 Å². The molecule has 3 heterocycles. The number of aromatic amines is 1. The van der Waals surface area contributed by atoms with E-state index in [2.05, 4.69) is 32.0 Å². The maximum absolute atomic E-state index is 6.00. The first kappa shape index (κ1) is 15.3. The number of anilines is 2. The number of hydrogen-bond donors (Lipinski definition) is 2. The molecule has 1 aliphatic carbocycles. The van der Waals surface area contributed by atoms with Crippen LogP contribution in [-0.2, 0) is 0 Å². The minimum atomic E-state index is 0.414. The van der Waals surface area contributed by atoms with E-state index in [-0.39, 0.29) is 0 Å². The first-order chi connectivity index (χ1) is 12.7. The van der Waals surface area contributed by atoms with Gasteiger partial charge in [0.15, 0.2) is 5.95 Å². The fourth-order valence-corrected chi connectivity index (χ4v) is 3.66. The Morgan fingerprint density at radius 2 is 2.08 bits per heavy atom. The summed E-state index contributed by atoms with van der Waals surface area (Å²) < 4.78 is 5.86. The summed E-state index contributed by atoms with van der Waals surface area (Å²) in [6, 6.07) is 10.9. The zero-order chi connectivity index (χ0) is 17.7. The Morgan fingerprint density at radius 1 is 1.19 bits per heavy atom. The summed E-state index contributed by atoms with van der Waals surface area (Å²) in [7, 11) is 0. The Hall–Kier alpha value is -3.02. The highest BCUT2D eigenvalue weighted by molar-refractivity contribution is 5.82. The lowest BCUT2D eigenvalue weighted by Gasteiger charge is -2.31. The quantitative estimate of drug-likeness (QED) is 0.759. The molecule has 0 spiro atoms. The van der Waals surface area contributed by atoms with Gasteiger partial charge in [-0.05, 0) is 50.1 Å². The number of fused-ring (bicyclic) bond motifs is 1. The first-order valence-corrected chi connectivity index (χ1v) is 9.01. The lowest BCUT2D eigenvalue weighted by Crippen LogP contribution is -2.34. The van der Waals surface area contributed by atoms with Gasteiger partial charge in [0.25, 0.3) is 0 Å². The molecule has 0 atom stereocenters. The third kappa shape index (κ3) is 2.58. The number of ether oxygens (including phenoxy) is 1. The summed E-state index contributed by atoms with van der Waals surface area (Å²) in [6.45, 7) is 3.67. The first-order valence-electron chi connectivity index (χ1n) is 9.01. The van der Waals surface area contributed by atoms with Crippen molar-refractivity contribution in [1.82, 2.24) is 15.0 Å². The molecule has 132 valence electrons. The normalized spacial score (nSPS) is 16.3. The summed E-state index contributed by atoms with van der Waals surface area (Å²) in [6.07, 6.45) is 4.34. The molecule has 0 radical (unpaired) electrons. The van der Waals surface area contributed by atoms with Crippen molar-refractivity contribution in [1.29, 1.82) is 0 Å². The number of aromatic nitrogens is 3. The van der Waals surface area contributed by atoms with Gasteiger partial charge in [0, 0.05) is 29.1 Å². The highest BCUT2D eigenvalue weighted by Crippen LogP contribution is 2.42. The molecule has 1 fully saturated rings. The average molecular weight is 347 g/mol. The maximum atomic E-state index is 6.00. The second-order valence-electron chi connectivity index (χ2n) is 6.99. The number of aryl methyl sites for hydroxylation is 1. The highest BCUT2D eigenvalue weighted by Gasteiger charge is 2.33. The van der Waals surface area contributed by atoms with Gasteiger partial charge in [-0.3, -0.25) is 4.98 Å². The molecule has 0 saturated heterocycles. The van der Waals surface area contributed by atoms with Gasteiger partial charge in [0.05, 0.1) is 23.6 Å². The van der Waals surface area contributed by atoms with Crippen LogP contribution in [0.1, 0.15) is 18.5 Å². The number of nitrogen functional groups attached to an aromatic ring is 1. The van der Waals surface area contributed by atoms with E-state index in [1.165, 1.54) is 12.8 Å². The largest absolute Gasteiger partial charge is 0.490 e. The molecule has 0 unspecified atom stereocenters. The van der Waals surface area contributed by atoms with Crippen molar-refractivity contribution in [3.63, 3.8) is 0 Å². The van der Waals surface area contributed by atoms with Crippen molar-refractivity contribution < 1.29 is 4.74 Å². The number of rotatable bonds is 3. The number of imidazole rings is 1. The van der Waals surface area contributed by atoms with E-state index >= 15 is 0 Å². The van der Waals surface area contributed by atoms with Crippen molar-refractivity contribution in [3.05, 3.63) is 42.2 Å². The molecule has 5 rings (SSSR count). The molecule has 0 amide bonds. The Balaban J connectivity index is 1.62. The van der Waals surface area contributed by atoms with Crippen LogP contribution in [0, 0.1) is 6.92 Å². The zero-order valence-corrected chi connectivity index (χ0v) is 14.7. The smallest absolute Gasteiger partial charge is 0.198 e. The predicted molar refractivity (Wildman–Crippen MR) is 102 cm³/mol. The van der Waals surface area contributed by atoms with Gasteiger partial charge in [0.1, 0.15) is 12.4 Å². The van der Waals surface area contributed by atoms with E-state index in [4.69, 9.17) is 10.5 Å². The summed E-state index contributed by atoms with van der Waals surface area (Å²) in [5.41, 5.74) is 12.0. The molecule has 1 aliphatic heterocycles. The van der Waals surface area contributed by atoms with Crippen LogP contribution in [-0.4, -0.2) is 34.1 Å². The molecular weight excluding hydrogens is 326 g/mol. The third-order valence-corrected chi connectivity index (χ3v) is 5.03. The Bertz CT molecular complexity index is 976. The van der Waals surface area contributed by atoms with E-state index in [0.29, 0.717) is 12.0 Å². The topological polar surface area (TPSA) is 80.1 Å². The minimum absolute atomic E-state index is 0.414. The van der Waals surface area contributed by atoms with Crippen LogP contribution in [0.25, 0.3) is 22.5 Å². The number of nitrogens with one attached hydrogen (secondary N) is 1. The fraction of sp³-hybridized carbons (Fsp3) is 0.300. The monoisotopic (exact) mass is 347 g/mol. The lowest BCUT2D eigenvalue weighted by molar-refractivity contribution is 0.307. The summed E-state index contributed by atoms with van der Waals surface area (Å²) in [5, 5.41) is 0. The number of pyridine rings is 1. The average Bonchev–Trinajstić information content (AvgIpc) is 3.42. The van der Waals surface area contributed by atoms with Crippen molar-refractivity contribution >= 4 is 11.6 Å². The minimum Gasteiger partial charge on any atom is -0.490 e. The van der Waals surface area contributed by atoms with E-state index in [1.807, 2.05) is 25.1 Å². The Kier molecular flexibility index (Phi) is 3.38. The van der Waals surface area contributed by atoms with Crippen LogP contribution < -0.4 is 15.4 Å². The zero-order valence-electron chi connectivity index (χ0n) is 14.7. The summed E-state index contributed by atoms with van der Waals surface area (Å²) >= 11 is 0. The molecule has 3 N–H and O–H groups in total. The van der Waals surface area contributed by atoms with E-state index < -0.39 is 0 Å². The van der Waals surface area contributed by atoms with Crippen LogP contribution in [0.5, 0.6) is 5.75 Å². The van der Waals surface area contributed by atoms with Crippen LogP contribution in [0.2, 0.25) is 0 Å². The van der Waals surface area contributed by atoms with Crippen LogP contribution in [0.3, 0.4) is 0 Å². The highest BCUT2D eigenvalue weighted by atomic mass is 16.5. The molecule has 3 aromatic rings. The molecule has 6 heteroatoms. The lowest BCUT2D eigenvalue weighted by atomic mass is 10.0. The third-order valence-electron chi connectivity index (χ3n) is 5.03. The second-order valence-corrected chi connectivity index (χ2v) is 6.99. The molecular formula is C20H21N5O. The van der Waals surface area contributed by atoms with Crippen LogP contribution in [0.15, 0.2) is 36.5 Å². The summed E-state index contributed by atoms with van der Waals surface area (Å²) in [4.78, 5) is 14.5.